The van der Waals surface area contributed by atoms with Gasteiger partial charge in [0.1, 0.15) is 24.2 Å². The van der Waals surface area contributed by atoms with Crippen LogP contribution in [0.1, 0.15) is 48.0 Å². The summed E-state index contributed by atoms with van der Waals surface area (Å²) in [6, 6.07) is 5.55. The van der Waals surface area contributed by atoms with Crippen molar-refractivity contribution in [1.29, 1.82) is 5.26 Å². The summed E-state index contributed by atoms with van der Waals surface area (Å²) in [7, 11) is 0. The average Bonchev–Trinajstić information content (AvgIpc) is 3.12. The molecule has 2 heterocycles. The highest BCUT2D eigenvalue weighted by Gasteiger charge is 2.22. The largest absolute Gasteiger partial charge is 0.492 e. The molecule has 30 heavy (non-hydrogen) atoms. The molecule has 2 N–H and O–H groups in total. The van der Waals surface area contributed by atoms with Gasteiger partial charge in [-0.15, -0.1) is 0 Å². The van der Waals surface area contributed by atoms with Crippen LogP contribution in [0.25, 0.3) is 11.0 Å². The molecule has 0 amide bonds. The predicted octanol–water partition coefficient (Wildman–Crippen LogP) is 1.94. The number of nitriles is 1. The van der Waals surface area contributed by atoms with Crippen LogP contribution in [-0.2, 0) is 30.6 Å². The van der Waals surface area contributed by atoms with Crippen molar-refractivity contribution in [3.63, 3.8) is 0 Å². The summed E-state index contributed by atoms with van der Waals surface area (Å²) in [5.41, 5.74) is 3.70. The minimum Gasteiger partial charge on any atom is -0.492 e. The van der Waals surface area contributed by atoms with Gasteiger partial charge in [-0.3, -0.25) is 9.59 Å². The van der Waals surface area contributed by atoms with Crippen LogP contribution < -0.4 is 10.3 Å². The van der Waals surface area contributed by atoms with E-state index in [-0.39, 0.29) is 5.56 Å². The van der Waals surface area contributed by atoms with Gasteiger partial charge in [-0.2, -0.15) is 10.4 Å². The molecule has 1 aliphatic rings. The molecule has 3 aromatic rings. The van der Waals surface area contributed by atoms with Crippen molar-refractivity contribution < 1.29 is 14.6 Å². The van der Waals surface area contributed by atoms with E-state index in [1.165, 1.54) is 0 Å². The second kappa shape index (κ2) is 7.99. The van der Waals surface area contributed by atoms with Crippen LogP contribution in [0, 0.1) is 11.3 Å². The number of hydrogen-bond donors (Lipinski definition) is 2. The maximum absolute atomic E-state index is 12.6. The molecule has 0 radical (unpaired) electrons. The Morgan fingerprint density at radius 2 is 2.10 bits per heavy atom. The summed E-state index contributed by atoms with van der Waals surface area (Å²) in [6.45, 7) is 1.82. The Morgan fingerprint density at radius 3 is 2.80 bits per heavy atom. The number of hydrogen-bond acceptors (Lipinski definition) is 6. The minimum absolute atomic E-state index is 0.319. The van der Waals surface area contributed by atoms with Crippen LogP contribution >= 0.6 is 0 Å². The Bertz CT molecular complexity index is 1230. The number of fused-ring (bicyclic) bond motifs is 2. The number of rotatable bonds is 6. The second-order valence-corrected chi connectivity index (χ2v) is 7.24. The van der Waals surface area contributed by atoms with Gasteiger partial charge in [0, 0.05) is 11.6 Å². The number of ether oxygens (including phenoxy) is 1. The summed E-state index contributed by atoms with van der Waals surface area (Å²) in [6.07, 6.45) is 3.58. The van der Waals surface area contributed by atoms with Crippen molar-refractivity contribution in [2.24, 2.45) is 0 Å². The molecule has 2 aromatic heterocycles. The van der Waals surface area contributed by atoms with Crippen LogP contribution in [0.15, 0.2) is 16.9 Å². The van der Waals surface area contributed by atoms with Gasteiger partial charge >= 0.3 is 5.97 Å². The highest BCUT2D eigenvalue weighted by atomic mass is 16.5. The predicted molar refractivity (Wildman–Crippen MR) is 108 cm³/mol. The summed E-state index contributed by atoms with van der Waals surface area (Å²) in [5.74, 6) is 0.00179. The Balaban J connectivity index is 1.76. The number of carbonyl (C=O) groups is 1. The fourth-order valence-corrected chi connectivity index (χ4v) is 3.94. The standard InChI is InChI=1S/C21H21N5O4/c1-2-30-18-8-17-16(7-12(18)10-22)23-19(24-17)9-15-13-5-3-4-6-14(13)21(29)26(25-15)11-20(27)28/h7-8H,2-6,9,11H2,1H3,(H,23,24)(H,27,28). The fourth-order valence-electron chi connectivity index (χ4n) is 3.94. The normalized spacial score (nSPS) is 13.1. The Labute approximate surface area is 171 Å². The first-order valence-electron chi connectivity index (χ1n) is 9.89. The maximum atomic E-state index is 12.6. The zero-order chi connectivity index (χ0) is 21.3. The first kappa shape index (κ1) is 19.6. The van der Waals surface area contributed by atoms with Gasteiger partial charge in [0.05, 0.1) is 35.3 Å². The first-order valence-corrected chi connectivity index (χ1v) is 9.89. The zero-order valence-electron chi connectivity index (χ0n) is 16.6. The van der Waals surface area contributed by atoms with E-state index in [2.05, 4.69) is 21.1 Å². The molecule has 0 spiro atoms. The van der Waals surface area contributed by atoms with Gasteiger partial charge < -0.3 is 14.8 Å². The molecule has 1 aliphatic carbocycles. The van der Waals surface area contributed by atoms with Crippen LogP contribution in [0.4, 0.5) is 0 Å². The van der Waals surface area contributed by atoms with Crippen molar-refractivity contribution in [3.8, 4) is 11.8 Å². The number of imidazole rings is 1. The molecule has 1 aromatic carbocycles. The third-order valence-electron chi connectivity index (χ3n) is 5.22. The van der Waals surface area contributed by atoms with Gasteiger partial charge in [0.15, 0.2) is 0 Å². The third-order valence-corrected chi connectivity index (χ3v) is 5.22. The van der Waals surface area contributed by atoms with Crippen molar-refractivity contribution in [1.82, 2.24) is 19.7 Å². The molecule has 154 valence electrons. The summed E-state index contributed by atoms with van der Waals surface area (Å²) in [5, 5.41) is 22.8. The average molecular weight is 407 g/mol. The molecular weight excluding hydrogens is 386 g/mol. The minimum atomic E-state index is -1.11. The van der Waals surface area contributed by atoms with E-state index in [1.807, 2.05) is 6.92 Å². The molecular formula is C21H21N5O4. The van der Waals surface area contributed by atoms with Crippen molar-refractivity contribution in [3.05, 3.63) is 50.7 Å². The van der Waals surface area contributed by atoms with Gasteiger partial charge in [-0.1, -0.05) is 0 Å². The molecule has 0 aliphatic heterocycles. The number of carboxylic acids is 1. The maximum Gasteiger partial charge on any atom is 0.325 e. The monoisotopic (exact) mass is 407 g/mol. The van der Waals surface area contributed by atoms with E-state index < -0.39 is 12.5 Å². The number of nitrogens with one attached hydrogen (secondary N) is 1. The molecule has 0 fully saturated rings. The lowest BCUT2D eigenvalue weighted by atomic mass is 9.91. The number of H-pyrrole nitrogens is 1. The number of benzene rings is 1. The van der Waals surface area contributed by atoms with Gasteiger partial charge in [-0.25, -0.2) is 9.67 Å². The third kappa shape index (κ3) is 3.64. The SMILES string of the molecule is CCOc1cc2nc(Cc3nn(CC(=O)O)c(=O)c4c3CCCC4)[nH]c2cc1C#N. The van der Waals surface area contributed by atoms with Gasteiger partial charge in [-0.05, 0) is 44.2 Å². The summed E-state index contributed by atoms with van der Waals surface area (Å²) >= 11 is 0. The molecule has 0 atom stereocenters. The van der Waals surface area contributed by atoms with Crippen LogP contribution in [0.2, 0.25) is 0 Å². The summed E-state index contributed by atoms with van der Waals surface area (Å²) in [4.78, 5) is 31.6. The number of aliphatic carboxylic acids is 1. The topological polar surface area (TPSA) is 134 Å². The van der Waals surface area contributed by atoms with Crippen molar-refractivity contribution in [2.75, 3.05) is 6.61 Å². The molecule has 4 rings (SSSR count). The zero-order valence-corrected chi connectivity index (χ0v) is 16.6. The molecule has 9 heteroatoms. The van der Waals surface area contributed by atoms with Crippen LogP contribution in [0.5, 0.6) is 5.75 Å². The van der Waals surface area contributed by atoms with Gasteiger partial charge in [0.25, 0.3) is 5.56 Å². The van der Waals surface area contributed by atoms with E-state index in [0.29, 0.717) is 58.9 Å². The van der Waals surface area contributed by atoms with Crippen molar-refractivity contribution >= 4 is 17.0 Å². The number of carboxylic acid groups (broad SMARTS) is 1. The van der Waals surface area contributed by atoms with Gasteiger partial charge in [0.2, 0.25) is 0 Å². The Morgan fingerprint density at radius 1 is 1.33 bits per heavy atom. The second-order valence-electron chi connectivity index (χ2n) is 7.24. The smallest absolute Gasteiger partial charge is 0.325 e. The molecule has 9 nitrogen and oxygen atoms in total. The molecule has 0 saturated carbocycles. The summed E-state index contributed by atoms with van der Waals surface area (Å²) < 4.78 is 6.55. The highest BCUT2D eigenvalue weighted by molar-refractivity contribution is 5.79. The van der Waals surface area contributed by atoms with E-state index in [9.17, 15) is 14.9 Å². The lowest BCUT2D eigenvalue weighted by molar-refractivity contribution is -0.138. The van der Waals surface area contributed by atoms with E-state index in [0.717, 1.165) is 29.5 Å². The first-order chi connectivity index (χ1) is 14.5. The number of aromatic amines is 1. The van der Waals surface area contributed by atoms with E-state index in [4.69, 9.17) is 9.84 Å². The quantitative estimate of drug-likeness (QED) is 0.638. The van der Waals surface area contributed by atoms with E-state index >= 15 is 0 Å². The Hall–Kier alpha value is -3.67. The van der Waals surface area contributed by atoms with Crippen molar-refractivity contribution in [2.45, 2.75) is 45.6 Å². The lowest BCUT2D eigenvalue weighted by Gasteiger charge is -2.19. The van der Waals surface area contributed by atoms with E-state index in [1.54, 1.807) is 12.1 Å². The molecule has 0 saturated heterocycles. The highest BCUT2D eigenvalue weighted by Crippen LogP contribution is 2.26. The van der Waals surface area contributed by atoms with Crippen LogP contribution in [-0.4, -0.2) is 37.4 Å². The molecule has 0 unspecified atom stereocenters. The van der Waals surface area contributed by atoms with Crippen LogP contribution in [0.3, 0.4) is 0 Å². The number of aromatic nitrogens is 4. The molecule has 0 bridgehead atoms. The lowest BCUT2D eigenvalue weighted by Crippen LogP contribution is -2.33. The number of nitrogens with zero attached hydrogens (tertiary/aromatic N) is 4. The Kier molecular flexibility index (Phi) is 5.23. The fraction of sp³-hybridized carbons (Fsp3) is 0.381.